The molecule has 0 aliphatic rings. The molecule has 0 saturated carbocycles. The molecule has 0 amide bonds. The van der Waals surface area contributed by atoms with E-state index in [1.54, 1.807) is 6.92 Å². The standard InChI is InChI=1S/C8H12O5/c1-2-13-8(12)4-3-6(9)5-7(10)11/h2-5H2,1H3,(H,10,11). The van der Waals surface area contributed by atoms with E-state index in [2.05, 4.69) is 4.74 Å². The first kappa shape index (κ1) is 11.6. The van der Waals surface area contributed by atoms with Crippen LogP contribution in [0.4, 0.5) is 0 Å². The monoisotopic (exact) mass is 188 g/mol. The Balaban J connectivity index is 3.58. The topological polar surface area (TPSA) is 80.7 Å². The smallest absolute Gasteiger partial charge is 0.310 e. The second kappa shape index (κ2) is 6.16. The highest BCUT2D eigenvalue weighted by molar-refractivity contribution is 5.95. The van der Waals surface area contributed by atoms with Crippen LogP contribution in [-0.2, 0) is 19.1 Å². The molecule has 74 valence electrons. The molecule has 0 aliphatic carbocycles. The molecule has 13 heavy (non-hydrogen) atoms. The first-order valence-corrected chi connectivity index (χ1v) is 3.95. The van der Waals surface area contributed by atoms with E-state index < -0.39 is 24.1 Å². The second-order valence-corrected chi connectivity index (χ2v) is 2.41. The van der Waals surface area contributed by atoms with Crippen molar-refractivity contribution in [2.45, 2.75) is 26.2 Å². The van der Waals surface area contributed by atoms with Crippen molar-refractivity contribution in [2.75, 3.05) is 6.61 Å². The highest BCUT2D eigenvalue weighted by atomic mass is 16.5. The summed E-state index contributed by atoms with van der Waals surface area (Å²) in [5, 5.41) is 8.22. The Hall–Kier alpha value is -1.39. The van der Waals surface area contributed by atoms with E-state index in [4.69, 9.17) is 5.11 Å². The Kier molecular flexibility index (Phi) is 5.50. The van der Waals surface area contributed by atoms with Gasteiger partial charge < -0.3 is 9.84 Å². The molecule has 0 saturated heterocycles. The summed E-state index contributed by atoms with van der Waals surface area (Å²) < 4.78 is 4.56. The average Bonchev–Trinajstić information content (AvgIpc) is 2.00. The number of carbonyl (C=O) groups excluding carboxylic acids is 2. The molecule has 0 radical (unpaired) electrons. The number of ketones is 1. The molecule has 5 heteroatoms. The summed E-state index contributed by atoms with van der Waals surface area (Å²) in [6.45, 7) is 1.93. The van der Waals surface area contributed by atoms with Crippen molar-refractivity contribution in [3.05, 3.63) is 0 Å². The van der Waals surface area contributed by atoms with Gasteiger partial charge in [0.15, 0.2) is 0 Å². The molecule has 0 spiro atoms. The number of hydrogen-bond donors (Lipinski definition) is 1. The number of ether oxygens (including phenoxy) is 1. The summed E-state index contributed by atoms with van der Waals surface area (Å²) in [6.07, 6.45) is -0.634. The van der Waals surface area contributed by atoms with Gasteiger partial charge in [-0.05, 0) is 6.92 Å². The van der Waals surface area contributed by atoms with Crippen LogP contribution in [0.2, 0.25) is 0 Å². The number of hydrogen-bond acceptors (Lipinski definition) is 4. The van der Waals surface area contributed by atoms with Crippen molar-refractivity contribution in [1.29, 1.82) is 0 Å². The van der Waals surface area contributed by atoms with Gasteiger partial charge in [0.1, 0.15) is 12.2 Å². The minimum absolute atomic E-state index is 0.0417. The van der Waals surface area contributed by atoms with E-state index in [1.807, 2.05) is 0 Å². The zero-order chi connectivity index (χ0) is 10.3. The number of carboxylic acids is 1. The number of aliphatic carboxylic acids is 1. The van der Waals surface area contributed by atoms with Crippen LogP contribution < -0.4 is 0 Å². The Labute approximate surface area is 75.7 Å². The van der Waals surface area contributed by atoms with E-state index in [0.29, 0.717) is 0 Å². The largest absolute Gasteiger partial charge is 0.481 e. The molecule has 1 N–H and O–H groups in total. The van der Waals surface area contributed by atoms with E-state index in [9.17, 15) is 14.4 Å². The Morgan fingerprint density at radius 2 is 1.85 bits per heavy atom. The molecule has 0 atom stereocenters. The molecule has 0 rings (SSSR count). The molecule has 0 unspecified atom stereocenters. The summed E-state index contributed by atoms with van der Waals surface area (Å²) in [7, 11) is 0. The van der Waals surface area contributed by atoms with Crippen LogP contribution in [0, 0.1) is 0 Å². The third-order valence-electron chi connectivity index (χ3n) is 1.26. The lowest BCUT2D eigenvalue weighted by molar-refractivity contribution is -0.146. The maximum atomic E-state index is 10.8. The molecule has 0 aromatic rings. The fourth-order valence-electron chi connectivity index (χ4n) is 0.732. The molecule has 0 aromatic heterocycles. The summed E-state index contributed by atoms with van der Waals surface area (Å²) >= 11 is 0. The number of carboxylic acid groups (broad SMARTS) is 1. The van der Waals surface area contributed by atoms with Crippen molar-refractivity contribution >= 4 is 17.7 Å². The minimum Gasteiger partial charge on any atom is -0.481 e. The zero-order valence-corrected chi connectivity index (χ0v) is 7.41. The van der Waals surface area contributed by atoms with Crippen LogP contribution in [0.5, 0.6) is 0 Å². The van der Waals surface area contributed by atoms with Crippen LogP contribution in [0.3, 0.4) is 0 Å². The summed E-state index contributed by atoms with van der Waals surface area (Å²) in [5.74, 6) is -2.10. The van der Waals surface area contributed by atoms with Crippen LogP contribution in [0.15, 0.2) is 0 Å². The molecular formula is C8H12O5. The zero-order valence-electron chi connectivity index (χ0n) is 7.41. The van der Waals surface area contributed by atoms with Gasteiger partial charge >= 0.3 is 11.9 Å². The third kappa shape index (κ3) is 6.99. The summed E-state index contributed by atoms with van der Waals surface area (Å²) in [5.41, 5.74) is 0. The second-order valence-electron chi connectivity index (χ2n) is 2.41. The predicted octanol–water partition coefficient (Wildman–Crippen LogP) is 0.374. The Morgan fingerprint density at radius 1 is 1.23 bits per heavy atom. The van der Waals surface area contributed by atoms with Gasteiger partial charge in [0.25, 0.3) is 0 Å². The maximum absolute atomic E-state index is 10.8. The van der Waals surface area contributed by atoms with Crippen LogP contribution in [0.1, 0.15) is 26.2 Å². The average molecular weight is 188 g/mol. The number of carbonyl (C=O) groups is 3. The van der Waals surface area contributed by atoms with Crippen molar-refractivity contribution in [2.24, 2.45) is 0 Å². The Bertz CT molecular complexity index is 209. The van der Waals surface area contributed by atoms with Gasteiger partial charge in [-0.25, -0.2) is 0 Å². The van der Waals surface area contributed by atoms with Crippen molar-refractivity contribution in [3.8, 4) is 0 Å². The summed E-state index contributed by atoms with van der Waals surface area (Å²) in [6, 6.07) is 0. The van der Waals surface area contributed by atoms with E-state index in [-0.39, 0.29) is 19.4 Å². The van der Waals surface area contributed by atoms with Gasteiger partial charge in [-0.1, -0.05) is 0 Å². The molecule has 0 aliphatic heterocycles. The fourth-order valence-corrected chi connectivity index (χ4v) is 0.732. The first-order valence-electron chi connectivity index (χ1n) is 3.95. The molecule has 0 bridgehead atoms. The SMILES string of the molecule is CCOC(=O)CCC(=O)CC(=O)O. The van der Waals surface area contributed by atoms with Gasteiger partial charge in [0.2, 0.25) is 0 Å². The van der Waals surface area contributed by atoms with Gasteiger partial charge in [-0.2, -0.15) is 0 Å². The van der Waals surface area contributed by atoms with Crippen molar-refractivity contribution in [3.63, 3.8) is 0 Å². The first-order chi connectivity index (χ1) is 6.06. The molecule has 0 fully saturated rings. The van der Waals surface area contributed by atoms with Crippen LogP contribution >= 0.6 is 0 Å². The van der Waals surface area contributed by atoms with E-state index in [1.165, 1.54) is 0 Å². The molecule has 0 aromatic carbocycles. The number of Topliss-reactive ketones (excluding diaryl/α,β-unsaturated/α-hetero) is 1. The third-order valence-corrected chi connectivity index (χ3v) is 1.26. The molecular weight excluding hydrogens is 176 g/mol. The van der Waals surface area contributed by atoms with Gasteiger partial charge in [0.05, 0.1) is 13.0 Å². The van der Waals surface area contributed by atoms with Gasteiger partial charge in [-0.3, -0.25) is 14.4 Å². The fraction of sp³-hybridized carbons (Fsp3) is 0.625. The van der Waals surface area contributed by atoms with Crippen LogP contribution in [0.25, 0.3) is 0 Å². The van der Waals surface area contributed by atoms with Gasteiger partial charge in [-0.15, -0.1) is 0 Å². The Morgan fingerprint density at radius 3 is 2.31 bits per heavy atom. The van der Waals surface area contributed by atoms with E-state index >= 15 is 0 Å². The van der Waals surface area contributed by atoms with Gasteiger partial charge in [0, 0.05) is 6.42 Å². The minimum atomic E-state index is -1.17. The lowest BCUT2D eigenvalue weighted by Gasteiger charge is -1.99. The normalized spacial score (nSPS) is 9.31. The summed E-state index contributed by atoms with van der Waals surface area (Å²) in [4.78, 5) is 31.5. The lowest BCUT2D eigenvalue weighted by atomic mass is 10.2. The lowest BCUT2D eigenvalue weighted by Crippen LogP contribution is -2.10. The molecule has 5 nitrogen and oxygen atoms in total. The van der Waals surface area contributed by atoms with Crippen molar-refractivity contribution in [1.82, 2.24) is 0 Å². The maximum Gasteiger partial charge on any atom is 0.310 e. The molecule has 0 heterocycles. The quantitative estimate of drug-likeness (QED) is 0.481. The highest BCUT2D eigenvalue weighted by Crippen LogP contribution is 1.97. The van der Waals surface area contributed by atoms with Crippen LogP contribution in [-0.4, -0.2) is 29.4 Å². The van der Waals surface area contributed by atoms with Crippen molar-refractivity contribution < 1.29 is 24.2 Å². The highest BCUT2D eigenvalue weighted by Gasteiger charge is 2.10. The van der Waals surface area contributed by atoms with E-state index in [0.717, 1.165) is 0 Å². The predicted molar refractivity (Wildman–Crippen MR) is 43.1 cm³/mol. The number of rotatable bonds is 6. The number of esters is 1.